The molecule has 0 spiro atoms. The number of aromatic nitrogens is 1. The van der Waals surface area contributed by atoms with Gasteiger partial charge in [0.1, 0.15) is 11.6 Å². The zero-order chi connectivity index (χ0) is 10.3. The monoisotopic (exact) mass is 194 g/mol. The molecule has 2 rings (SSSR count). The molecule has 1 unspecified atom stereocenters. The van der Waals surface area contributed by atoms with Crippen molar-refractivity contribution < 1.29 is 9.18 Å². The Morgan fingerprint density at radius 2 is 2.36 bits per heavy atom. The van der Waals surface area contributed by atoms with Gasteiger partial charge in [-0.3, -0.25) is 4.79 Å². The van der Waals surface area contributed by atoms with E-state index in [0.29, 0.717) is 17.8 Å². The topological polar surface area (TPSA) is 42.0 Å². The Bertz CT molecular complexity index is 405. The van der Waals surface area contributed by atoms with Crippen LogP contribution in [0.15, 0.2) is 12.3 Å². The molecule has 3 nitrogen and oxygen atoms in total. The summed E-state index contributed by atoms with van der Waals surface area (Å²) < 4.78 is 13.0. The van der Waals surface area contributed by atoms with Crippen molar-refractivity contribution in [3.63, 3.8) is 0 Å². The maximum absolute atomic E-state index is 13.0. The molecule has 0 aliphatic carbocycles. The molecule has 1 aliphatic rings. The van der Waals surface area contributed by atoms with Gasteiger partial charge in [-0.25, -0.2) is 9.37 Å². The van der Waals surface area contributed by atoms with Gasteiger partial charge in [0, 0.05) is 5.56 Å². The van der Waals surface area contributed by atoms with Gasteiger partial charge in [0.25, 0.3) is 0 Å². The third kappa shape index (κ3) is 1.03. The van der Waals surface area contributed by atoms with Crippen molar-refractivity contribution in [3.8, 4) is 0 Å². The molecule has 1 aliphatic heterocycles. The first-order chi connectivity index (χ1) is 6.58. The summed E-state index contributed by atoms with van der Waals surface area (Å²) in [7, 11) is 0. The van der Waals surface area contributed by atoms with Crippen molar-refractivity contribution in [2.45, 2.75) is 25.7 Å². The molecule has 74 valence electrons. The standard InChI is InChI=1S/C10H11FN2O/c1-3-10(2)7-4-6(11)5-12-8(7)13-9(10)14/h4-5H,3H2,1-2H3,(H,12,13,14). The first kappa shape index (κ1) is 9.12. The van der Waals surface area contributed by atoms with Crippen molar-refractivity contribution in [1.29, 1.82) is 0 Å². The number of nitrogens with one attached hydrogen (secondary N) is 1. The van der Waals surface area contributed by atoms with E-state index < -0.39 is 11.2 Å². The fraction of sp³-hybridized carbons (Fsp3) is 0.400. The van der Waals surface area contributed by atoms with E-state index in [-0.39, 0.29) is 5.91 Å². The highest BCUT2D eigenvalue weighted by molar-refractivity contribution is 6.04. The second kappa shape index (κ2) is 2.77. The number of amides is 1. The highest BCUT2D eigenvalue weighted by atomic mass is 19.1. The quantitative estimate of drug-likeness (QED) is 0.741. The molecule has 0 radical (unpaired) electrons. The summed E-state index contributed by atoms with van der Waals surface area (Å²) in [5, 5.41) is 2.65. The van der Waals surface area contributed by atoms with Crippen molar-refractivity contribution in [2.75, 3.05) is 5.32 Å². The van der Waals surface area contributed by atoms with Crippen LogP contribution in [0.4, 0.5) is 10.2 Å². The largest absolute Gasteiger partial charge is 0.310 e. The lowest BCUT2D eigenvalue weighted by molar-refractivity contribution is -0.120. The van der Waals surface area contributed by atoms with Crippen LogP contribution in [0.5, 0.6) is 0 Å². The van der Waals surface area contributed by atoms with E-state index in [2.05, 4.69) is 10.3 Å². The van der Waals surface area contributed by atoms with Gasteiger partial charge in [0.15, 0.2) is 0 Å². The molecule has 1 aromatic rings. The van der Waals surface area contributed by atoms with Crippen molar-refractivity contribution in [3.05, 3.63) is 23.6 Å². The van der Waals surface area contributed by atoms with Crippen LogP contribution < -0.4 is 5.32 Å². The van der Waals surface area contributed by atoms with E-state index in [9.17, 15) is 9.18 Å². The molecule has 0 saturated carbocycles. The Labute approximate surface area is 81.3 Å². The van der Waals surface area contributed by atoms with Crippen LogP contribution in [0.3, 0.4) is 0 Å². The van der Waals surface area contributed by atoms with Crippen LogP contribution in [0.1, 0.15) is 25.8 Å². The minimum absolute atomic E-state index is 0.104. The molecule has 0 bridgehead atoms. The van der Waals surface area contributed by atoms with Crippen molar-refractivity contribution in [1.82, 2.24) is 4.98 Å². The number of fused-ring (bicyclic) bond motifs is 1. The van der Waals surface area contributed by atoms with Gasteiger partial charge < -0.3 is 5.32 Å². The molecule has 1 amide bonds. The summed E-state index contributed by atoms with van der Waals surface area (Å²) in [6.45, 7) is 3.70. The summed E-state index contributed by atoms with van der Waals surface area (Å²) >= 11 is 0. The van der Waals surface area contributed by atoms with Gasteiger partial charge >= 0.3 is 0 Å². The number of rotatable bonds is 1. The minimum Gasteiger partial charge on any atom is -0.310 e. The lowest BCUT2D eigenvalue weighted by atomic mass is 9.82. The molecule has 1 N–H and O–H groups in total. The number of carbonyl (C=O) groups excluding carboxylic acids is 1. The molecule has 4 heteroatoms. The van der Waals surface area contributed by atoms with E-state index in [0.717, 1.165) is 6.20 Å². The average Bonchev–Trinajstić information content (AvgIpc) is 2.41. The van der Waals surface area contributed by atoms with Crippen LogP contribution in [-0.4, -0.2) is 10.9 Å². The summed E-state index contributed by atoms with van der Waals surface area (Å²) in [4.78, 5) is 15.5. The number of anilines is 1. The van der Waals surface area contributed by atoms with E-state index in [1.54, 1.807) is 6.92 Å². The summed E-state index contributed by atoms with van der Waals surface area (Å²) in [5.74, 6) is -0.0197. The fourth-order valence-electron chi connectivity index (χ4n) is 1.68. The van der Waals surface area contributed by atoms with Crippen molar-refractivity contribution >= 4 is 11.7 Å². The third-order valence-corrected chi connectivity index (χ3v) is 2.89. The molecular weight excluding hydrogens is 183 g/mol. The summed E-state index contributed by atoms with van der Waals surface area (Å²) in [6, 6.07) is 1.38. The number of halogens is 1. The van der Waals surface area contributed by atoms with Gasteiger partial charge in [-0.1, -0.05) is 6.92 Å². The highest BCUT2D eigenvalue weighted by Crippen LogP contribution is 2.38. The second-order valence-electron chi connectivity index (χ2n) is 3.69. The fourth-order valence-corrected chi connectivity index (χ4v) is 1.68. The SMILES string of the molecule is CCC1(C)C(=O)Nc2ncc(F)cc21. The molecular formula is C10H11FN2O. The van der Waals surface area contributed by atoms with E-state index in [1.807, 2.05) is 6.92 Å². The highest BCUT2D eigenvalue weighted by Gasteiger charge is 2.42. The van der Waals surface area contributed by atoms with Crippen LogP contribution in [-0.2, 0) is 10.2 Å². The minimum atomic E-state index is -0.634. The molecule has 0 aromatic carbocycles. The van der Waals surface area contributed by atoms with Crippen LogP contribution in [0, 0.1) is 5.82 Å². The normalized spacial score (nSPS) is 24.6. The van der Waals surface area contributed by atoms with Gasteiger partial charge in [-0.15, -0.1) is 0 Å². The van der Waals surface area contributed by atoms with Crippen LogP contribution in [0.2, 0.25) is 0 Å². The predicted molar refractivity (Wildman–Crippen MR) is 50.5 cm³/mol. The number of carbonyl (C=O) groups is 1. The molecule has 0 fully saturated rings. The Morgan fingerprint density at radius 3 is 3.00 bits per heavy atom. The Kier molecular flexibility index (Phi) is 1.80. The lowest BCUT2D eigenvalue weighted by Crippen LogP contribution is -2.29. The molecule has 1 aromatic heterocycles. The van der Waals surface area contributed by atoms with Crippen LogP contribution >= 0.6 is 0 Å². The first-order valence-corrected chi connectivity index (χ1v) is 4.55. The Hall–Kier alpha value is -1.45. The molecule has 2 heterocycles. The lowest BCUT2D eigenvalue weighted by Gasteiger charge is -2.18. The van der Waals surface area contributed by atoms with Gasteiger partial charge in [0.05, 0.1) is 11.6 Å². The maximum atomic E-state index is 13.0. The van der Waals surface area contributed by atoms with Gasteiger partial charge in [0.2, 0.25) is 5.91 Å². The summed E-state index contributed by atoms with van der Waals surface area (Å²) in [6.07, 6.45) is 1.75. The summed E-state index contributed by atoms with van der Waals surface area (Å²) in [5.41, 5.74) is 0.0229. The number of hydrogen-bond donors (Lipinski definition) is 1. The van der Waals surface area contributed by atoms with E-state index in [4.69, 9.17) is 0 Å². The molecule has 1 atom stereocenters. The molecule has 14 heavy (non-hydrogen) atoms. The Morgan fingerprint density at radius 1 is 1.64 bits per heavy atom. The van der Waals surface area contributed by atoms with Gasteiger partial charge in [-0.2, -0.15) is 0 Å². The number of hydrogen-bond acceptors (Lipinski definition) is 2. The van der Waals surface area contributed by atoms with Gasteiger partial charge in [-0.05, 0) is 19.4 Å². The predicted octanol–water partition coefficient (Wildman–Crippen LogP) is 1.84. The first-order valence-electron chi connectivity index (χ1n) is 4.55. The third-order valence-electron chi connectivity index (χ3n) is 2.89. The number of pyridine rings is 1. The molecule has 0 saturated heterocycles. The Balaban J connectivity index is 2.61. The van der Waals surface area contributed by atoms with E-state index in [1.165, 1.54) is 6.07 Å². The smallest absolute Gasteiger partial charge is 0.236 e. The van der Waals surface area contributed by atoms with Crippen LogP contribution in [0.25, 0.3) is 0 Å². The second-order valence-corrected chi connectivity index (χ2v) is 3.69. The zero-order valence-electron chi connectivity index (χ0n) is 8.10. The average molecular weight is 194 g/mol. The number of nitrogens with zero attached hydrogens (tertiary/aromatic N) is 1. The zero-order valence-corrected chi connectivity index (χ0v) is 8.10. The van der Waals surface area contributed by atoms with E-state index >= 15 is 0 Å². The maximum Gasteiger partial charge on any atom is 0.236 e. The van der Waals surface area contributed by atoms with Crippen molar-refractivity contribution in [2.24, 2.45) is 0 Å².